The molecule has 0 fully saturated rings. The van der Waals surface area contributed by atoms with Gasteiger partial charge in [0.05, 0.1) is 15.6 Å². The lowest BCUT2D eigenvalue weighted by Crippen LogP contribution is -2.38. The average molecular weight is 473 g/mol. The van der Waals surface area contributed by atoms with Gasteiger partial charge in [-0.15, -0.1) is 0 Å². The van der Waals surface area contributed by atoms with Crippen LogP contribution in [-0.2, 0) is 30.5 Å². The molecule has 6 heteroatoms. The van der Waals surface area contributed by atoms with E-state index in [9.17, 15) is 4.79 Å². The number of carbonyl (C=O) groups is 1. The number of nitrogens with zero attached hydrogens (tertiary/aromatic N) is 2. The van der Waals surface area contributed by atoms with Crippen LogP contribution >= 0.6 is 23.2 Å². The Kier molecular flexibility index (Phi) is 6.73. The summed E-state index contributed by atoms with van der Waals surface area (Å²) in [6.07, 6.45) is 3.28. The van der Waals surface area contributed by atoms with Crippen molar-refractivity contribution in [1.82, 2.24) is 9.47 Å². The summed E-state index contributed by atoms with van der Waals surface area (Å²) in [6, 6.07) is 14.5. The van der Waals surface area contributed by atoms with Gasteiger partial charge in [-0.3, -0.25) is 0 Å². The van der Waals surface area contributed by atoms with Crippen molar-refractivity contribution in [2.75, 3.05) is 13.1 Å². The molecule has 4 rings (SSSR count). The van der Waals surface area contributed by atoms with Crippen molar-refractivity contribution in [2.45, 2.75) is 58.6 Å². The van der Waals surface area contributed by atoms with Gasteiger partial charge in [0.25, 0.3) is 0 Å². The highest BCUT2D eigenvalue weighted by molar-refractivity contribution is 6.45. The molecule has 0 N–H and O–H groups in total. The van der Waals surface area contributed by atoms with Gasteiger partial charge in [0, 0.05) is 37.1 Å². The number of ether oxygens (including phenoxy) is 1. The van der Waals surface area contributed by atoms with Crippen LogP contribution in [0.4, 0.5) is 4.79 Å². The first kappa shape index (κ1) is 23.0. The van der Waals surface area contributed by atoms with Crippen LogP contribution in [0.1, 0.15) is 44.0 Å². The van der Waals surface area contributed by atoms with Gasteiger partial charge in [-0.2, -0.15) is 0 Å². The molecule has 4 nitrogen and oxygen atoms in total. The minimum absolute atomic E-state index is 0.258. The maximum atomic E-state index is 12.7. The number of hydrogen-bond donors (Lipinski definition) is 0. The van der Waals surface area contributed by atoms with Crippen LogP contribution in [0.5, 0.6) is 0 Å². The van der Waals surface area contributed by atoms with Gasteiger partial charge in [0.15, 0.2) is 0 Å². The molecule has 0 aliphatic carbocycles. The van der Waals surface area contributed by atoms with Crippen molar-refractivity contribution >= 4 is 40.2 Å². The second kappa shape index (κ2) is 9.36. The molecule has 0 bridgehead atoms. The molecule has 0 unspecified atom stereocenters. The standard InChI is InChI=1S/C26H30Cl2N2O2/c1-26(2,3)32-25(31)29-16-13-19-21(14-17-29)30(15-7-10-18-8-5-4-6-9-18)22-12-11-20(27)24(28)23(19)22/h4-6,8-9,11-12H,7,10,13-17H2,1-3H3. The number of amides is 1. The molecule has 0 spiro atoms. The largest absolute Gasteiger partial charge is 0.444 e. The molecule has 2 heterocycles. The van der Waals surface area contributed by atoms with E-state index < -0.39 is 5.60 Å². The van der Waals surface area contributed by atoms with Crippen LogP contribution in [-0.4, -0.2) is 34.3 Å². The van der Waals surface area contributed by atoms with E-state index in [2.05, 4.69) is 34.9 Å². The molecule has 1 aliphatic rings. The Morgan fingerprint density at radius 2 is 1.75 bits per heavy atom. The lowest BCUT2D eigenvalue weighted by molar-refractivity contribution is 0.0258. The second-order valence-corrected chi connectivity index (χ2v) is 10.2. The summed E-state index contributed by atoms with van der Waals surface area (Å²) >= 11 is 13.1. The Balaban J connectivity index is 1.62. The van der Waals surface area contributed by atoms with E-state index in [4.69, 9.17) is 27.9 Å². The van der Waals surface area contributed by atoms with E-state index in [0.717, 1.165) is 43.1 Å². The van der Waals surface area contributed by atoms with Gasteiger partial charge in [0.1, 0.15) is 5.60 Å². The monoisotopic (exact) mass is 472 g/mol. The first-order valence-corrected chi connectivity index (χ1v) is 12.0. The van der Waals surface area contributed by atoms with Crippen molar-refractivity contribution in [3.05, 3.63) is 69.3 Å². The van der Waals surface area contributed by atoms with E-state index in [-0.39, 0.29) is 6.09 Å². The van der Waals surface area contributed by atoms with Crippen LogP contribution in [0.25, 0.3) is 10.9 Å². The van der Waals surface area contributed by atoms with Crippen molar-refractivity contribution in [2.24, 2.45) is 0 Å². The molecule has 0 radical (unpaired) electrons. The third-order valence-corrected chi connectivity index (χ3v) is 6.74. The molecule has 1 aliphatic heterocycles. The first-order valence-electron chi connectivity index (χ1n) is 11.2. The highest BCUT2D eigenvalue weighted by Crippen LogP contribution is 2.38. The van der Waals surface area contributed by atoms with E-state index in [0.29, 0.717) is 23.1 Å². The Hall–Kier alpha value is -2.17. The maximum absolute atomic E-state index is 12.7. The maximum Gasteiger partial charge on any atom is 0.410 e. The van der Waals surface area contributed by atoms with Gasteiger partial charge in [-0.25, -0.2) is 4.79 Å². The molecule has 3 aromatic rings. The minimum Gasteiger partial charge on any atom is -0.444 e. The third kappa shape index (κ3) is 4.92. The van der Waals surface area contributed by atoms with E-state index in [1.807, 2.05) is 37.8 Å². The predicted octanol–water partition coefficient (Wildman–Crippen LogP) is 6.92. The average Bonchev–Trinajstić information content (AvgIpc) is 2.88. The molecule has 32 heavy (non-hydrogen) atoms. The predicted molar refractivity (Wildman–Crippen MR) is 132 cm³/mol. The molecule has 2 aromatic carbocycles. The number of aromatic nitrogens is 1. The zero-order chi connectivity index (χ0) is 22.9. The molecule has 1 aromatic heterocycles. The zero-order valence-corrected chi connectivity index (χ0v) is 20.5. The fourth-order valence-corrected chi connectivity index (χ4v) is 4.94. The zero-order valence-electron chi connectivity index (χ0n) is 19.0. The van der Waals surface area contributed by atoms with Gasteiger partial charge in [0.2, 0.25) is 0 Å². The number of hydrogen-bond acceptors (Lipinski definition) is 2. The summed E-state index contributed by atoms with van der Waals surface area (Å²) in [5.41, 5.74) is 4.42. The second-order valence-electron chi connectivity index (χ2n) is 9.39. The number of halogens is 2. The Bertz CT molecular complexity index is 1120. The SMILES string of the molecule is CC(C)(C)OC(=O)N1CCc2c(n(CCCc3ccccc3)c3ccc(Cl)c(Cl)c23)CC1. The molecule has 170 valence electrons. The van der Waals surface area contributed by atoms with Crippen LogP contribution in [0.3, 0.4) is 0 Å². The Labute approximate surface area is 200 Å². The Morgan fingerprint density at radius 3 is 2.47 bits per heavy atom. The first-order chi connectivity index (χ1) is 15.2. The Morgan fingerprint density at radius 1 is 1.03 bits per heavy atom. The summed E-state index contributed by atoms with van der Waals surface area (Å²) in [5.74, 6) is 0. The van der Waals surface area contributed by atoms with E-state index in [1.165, 1.54) is 16.8 Å². The van der Waals surface area contributed by atoms with Crippen LogP contribution < -0.4 is 0 Å². The number of aryl methyl sites for hydroxylation is 2. The van der Waals surface area contributed by atoms with Crippen molar-refractivity contribution in [3.8, 4) is 0 Å². The summed E-state index contributed by atoms with van der Waals surface area (Å²) in [6.45, 7) is 7.82. The molecular formula is C26H30Cl2N2O2. The van der Waals surface area contributed by atoms with Crippen molar-refractivity contribution in [3.63, 3.8) is 0 Å². The van der Waals surface area contributed by atoms with Crippen molar-refractivity contribution in [1.29, 1.82) is 0 Å². The molecular weight excluding hydrogens is 443 g/mol. The summed E-state index contributed by atoms with van der Waals surface area (Å²) in [7, 11) is 0. The van der Waals surface area contributed by atoms with Gasteiger partial charge >= 0.3 is 6.09 Å². The van der Waals surface area contributed by atoms with Crippen LogP contribution in [0.15, 0.2) is 42.5 Å². The third-order valence-electron chi connectivity index (χ3n) is 5.93. The number of fused-ring (bicyclic) bond motifs is 3. The topological polar surface area (TPSA) is 34.5 Å². The van der Waals surface area contributed by atoms with Gasteiger partial charge in [-0.1, -0.05) is 53.5 Å². The van der Waals surface area contributed by atoms with Gasteiger partial charge in [-0.05, 0) is 63.3 Å². The fraction of sp³-hybridized carbons (Fsp3) is 0.423. The van der Waals surface area contributed by atoms with E-state index >= 15 is 0 Å². The highest BCUT2D eigenvalue weighted by Gasteiger charge is 2.28. The van der Waals surface area contributed by atoms with Gasteiger partial charge < -0.3 is 14.2 Å². The normalized spacial score (nSPS) is 14.3. The van der Waals surface area contributed by atoms with Crippen LogP contribution in [0.2, 0.25) is 10.0 Å². The summed E-state index contributed by atoms with van der Waals surface area (Å²) in [5, 5.41) is 2.20. The quantitative estimate of drug-likeness (QED) is 0.412. The minimum atomic E-state index is -0.507. The molecule has 0 saturated heterocycles. The summed E-state index contributed by atoms with van der Waals surface area (Å²) in [4.78, 5) is 14.5. The molecule has 0 saturated carbocycles. The lowest BCUT2D eigenvalue weighted by Gasteiger charge is -2.26. The van der Waals surface area contributed by atoms with E-state index in [1.54, 1.807) is 0 Å². The fourth-order valence-electron chi connectivity index (χ4n) is 4.51. The smallest absolute Gasteiger partial charge is 0.410 e. The molecule has 1 amide bonds. The molecule has 0 atom stereocenters. The number of carbonyl (C=O) groups excluding carboxylic acids is 1. The van der Waals surface area contributed by atoms with Crippen LogP contribution in [0, 0.1) is 0 Å². The summed E-state index contributed by atoms with van der Waals surface area (Å²) < 4.78 is 8.00. The number of benzene rings is 2. The number of rotatable bonds is 4. The lowest BCUT2D eigenvalue weighted by atomic mass is 10.1. The highest BCUT2D eigenvalue weighted by atomic mass is 35.5. The van der Waals surface area contributed by atoms with Crippen molar-refractivity contribution < 1.29 is 9.53 Å².